The van der Waals surface area contributed by atoms with Crippen LogP contribution in [0.15, 0.2) is 24.3 Å². The fourth-order valence-corrected chi connectivity index (χ4v) is 5.87. The topological polar surface area (TPSA) is 91.3 Å². The van der Waals surface area contributed by atoms with E-state index < -0.39 is 13.9 Å². The molecule has 0 fully saturated rings. The third-order valence-corrected chi connectivity index (χ3v) is 9.22. The predicted octanol–water partition coefficient (Wildman–Crippen LogP) is 10.9. The van der Waals surface area contributed by atoms with Gasteiger partial charge >= 0.3 is 13.8 Å². The number of hydrogen-bond donors (Lipinski definition) is 1. The first kappa shape index (κ1) is 47.0. The molecule has 0 amide bonds. The van der Waals surface area contributed by atoms with Gasteiger partial charge in [0.1, 0.15) is 19.3 Å². The number of carbonyl (C=O) groups excluding carboxylic acids is 1. The standard InChI is InChI=1S/C39H76NO7P/c1-6-8-10-12-14-16-18-20-21-23-25-27-29-31-34-44-36-38(37-46-48(42,43)45-35-33-40(3,4)5)47-39(41)32-30-28-26-24-22-19-17-15-13-11-9-7-2/h15-18,38H,6-14,19-37H2,1-5H3/p+1/b17-15-,18-16-. The number of allylic oxidation sites excluding steroid dienone is 4. The Labute approximate surface area is 296 Å². The fraction of sp³-hybridized carbons (Fsp3) is 0.872. The average molecular weight is 703 g/mol. The second kappa shape index (κ2) is 33.1. The summed E-state index contributed by atoms with van der Waals surface area (Å²) in [5.74, 6) is -0.327. The minimum absolute atomic E-state index is 0.0866. The van der Waals surface area contributed by atoms with E-state index >= 15 is 0 Å². The molecule has 0 bridgehead atoms. The molecule has 0 radical (unpaired) electrons. The molecule has 48 heavy (non-hydrogen) atoms. The van der Waals surface area contributed by atoms with Crippen molar-refractivity contribution in [1.82, 2.24) is 0 Å². The lowest BCUT2D eigenvalue weighted by molar-refractivity contribution is -0.870. The van der Waals surface area contributed by atoms with Crippen LogP contribution in [0.4, 0.5) is 0 Å². The van der Waals surface area contributed by atoms with Crippen molar-refractivity contribution in [2.75, 3.05) is 54.1 Å². The van der Waals surface area contributed by atoms with Gasteiger partial charge in [-0.1, -0.05) is 115 Å². The fourth-order valence-electron chi connectivity index (χ4n) is 5.13. The Kier molecular flexibility index (Phi) is 32.4. The molecule has 2 unspecified atom stereocenters. The van der Waals surface area contributed by atoms with Crippen LogP contribution in [0.3, 0.4) is 0 Å². The Morgan fingerprint density at radius 3 is 1.62 bits per heavy atom. The van der Waals surface area contributed by atoms with Gasteiger partial charge in [0.2, 0.25) is 0 Å². The Morgan fingerprint density at radius 1 is 0.625 bits per heavy atom. The van der Waals surface area contributed by atoms with Gasteiger partial charge in [-0.3, -0.25) is 13.8 Å². The van der Waals surface area contributed by atoms with Crippen molar-refractivity contribution >= 4 is 13.8 Å². The summed E-state index contributed by atoms with van der Waals surface area (Å²) in [7, 11) is 1.66. The van der Waals surface area contributed by atoms with Crippen LogP contribution >= 0.6 is 7.82 Å². The minimum Gasteiger partial charge on any atom is -0.457 e. The molecule has 284 valence electrons. The number of quaternary nitrogens is 1. The van der Waals surface area contributed by atoms with Crippen LogP contribution in [-0.4, -0.2) is 75.6 Å². The number of phosphoric ester groups is 1. The molecule has 0 aromatic rings. The summed E-state index contributed by atoms with van der Waals surface area (Å²) in [6.07, 6.45) is 34.8. The lowest BCUT2D eigenvalue weighted by Crippen LogP contribution is -2.37. The van der Waals surface area contributed by atoms with Crippen LogP contribution in [-0.2, 0) is 27.9 Å². The van der Waals surface area contributed by atoms with Crippen molar-refractivity contribution in [3.05, 3.63) is 24.3 Å². The number of phosphoric acid groups is 1. The van der Waals surface area contributed by atoms with Crippen LogP contribution < -0.4 is 0 Å². The number of carbonyl (C=O) groups is 1. The monoisotopic (exact) mass is 703 g/mol. The van der Waals surface area contributed by atoms with E-state index in [-0.39, 0.29) is 25.8 Å². The van der Waals surface area contributed by atoms with Gasteiger partial charge in [-0.25, -0.2) is 4.57 Å². The van der Waals surface area contributed by atoms with Gasteiger partial charge in [-0.05, 0) is 64.2 Å². The average Bonchev–Trinajstić information content (AvgIpc) is 3.03. The minimum atomic E-state index is -4.27. The Balaban J connectivity index is 4.31. The largest absolute Gasteiger partial charge is 0.472 e. The van der Waals surface area contributed by atoms with Gasteiger partial charge in [-0.15, -0.1) is 0 Å². The number of hydrogen-bond acceptors (Lipinski definition) is 6. The zero-order chi connectivity index (χ0) is 35.6. The molecular weight excluding hydrogens is 625 g/mol. The molecule has 1 N–H and O–H groups in total. The normalized spacial score (nSPS) is 14.2. The highest BCUT2D eigenvalue weighted by Gasteiger charge is 2.26. The molecule has 0 aromatic carbocycles. The number of likely N-dealkylation sites (N-methyl/N-ethyl adjacent to an activating group) is 1. The molecule has 0 spiro atoms. The molecule has 0 aromatic heterocycles. The third-order valence-electron chi connectivity index (χ3n) is 8.24. The summed E-state index contributed by atoms with van der Waals surface area (Å²) in [5.41, 5.74) is 0. The van der Waals surface area contributed by atoms with E-state index in [9.17, 15) is 14.3 Å². The quantitative estimate of drug-likeness (QED) is 0.0228. The van der Waals surface area contributed by atoms with Crippen molar-refractivity contribution in [2.45, 2.75) is 168 Å². The lowest BCUT2D eigenvalue weighted by Gasteiger charge is -2.24. The summed E-state index contributed by atoms with van der Waals surface area (Å²) in [4.78, 5) is 22.8. The van der Waals surface area contributed by atoms with E-state index in [4.69, 9.17) is 18.5 Å². The summed E-state index contributed by atoms with van der Waals surface area (Å²) in [6.45, 7) is 5.56. The lowest BCUT2D eigenvalue weighted by atomic mass is 10.1. The van der Waals surface area contributed by atoms with Crippen LogP contribution in [0.2, 0.25) is 0 Å². The number of rotatable bonds is 36. The highest BCUT2D eigenvalue weighted by Crippen LogP contribution is 2.43. The molecule has 0 saturated heterocycles. The summed E-state index contributed by atoms with van der Waals surface area (Å²) >= 11 is 0. The summed E-state index contributed by atoms with van der Waals surface area (Å²) in [6, 6.07) is 0. The molecule has 0 heterocycles. The van der Waals surface area contributed by atoms with Crippen LogP contribution in [0, 0.1) is 0 Å². The summed E-state index contributed by atoms with van der Waals surface area (Å²) < 4.78 is 34.8. The SMILES string of the molecule is CCCCC/C=C\CCCCCCCC(=O)OC(COCCCCCCCC/C=C\CCCCCC)COP(=O)(O)OCC[N+](C)(C)C. The third kappa shape index (κ3) is 36.3. The van der Waals surface area contributed by atoms with Crippen molar-refractivity contribution in [2.24, 2.45) is 0 Å². The van der Waals surface area contributed by atoms with Crippen LogP contribution in [0.25, 0.3) is 0 Å². The zero-order valence-electron chi connectivity index (χ0n) is 32.0. The second-order valence-corrected chi connectivity index (χ2v) is 15.8. The van der Waals surface area contributed by atoms with E-state index in [1.54, 1.807) is 0 Å². The van der Waals surface area contributed by atoms with Crippen molar-refractivity contribution in [3.8, 4) is 0 Å². The second-order valence-electron chi connectivity index (χ2n) is 14.3. The van der Waals surface area contributed by atoms with E-state index in [1.165, 1.54) is 96.3 Å². The molecule has 9 heteroatoms. The Morgan fingerprint density at radius 2 is 1.08 bits per heavy atom. The van der Waals surface area contributed by atoms with Crippen LogP contribution in [0.5, 0.6) is 0 Å². The van der Waals surface area contributed by atoms with Gasteiger partial charge in [-0.2, -0.15) is 0 Å². The van der Waals surface area contributed by atoms with Gasteiger partial charge in [0.05, 0.1) is 34.4 Å². The molecule has 2 atom stereocenters. The number of esters is 1. The van der Waals surface area contributed by atoms with E-state index in [0.29, 0.717) is 24.1 Å². The first-order valence-corrected chi connectivity index (χ1v) is 21.1. The Hall–Kier alpha value is -1.02. The maximum Gasteiger partial charge on any atom is 0.472 e. The molecule has 0 aliphatic carbocycles. The maximum atomic E-state index is 12.6. The van der Waals surface area contributed by atoms with Crippen molar-refractivity contribution in [3.63, 3.8) is 0 Å². The molecule has 8 nitrogen and oxygen atoms in total. The number of nitrogens with zero attached hydrogens (tertiary/aromatic N) is 1. The first-order valence-electron chi connectivity index (χ1n) is 19.6. The van der Waals surface area contributed by atoms with E-state index in [2.05, 4.69) is 38.2 Å². The molecule has 0 saturated carbocycles. The van der Waals surface area contributed by atoms with Crippen molar-refractivity contribution in [1.29, 1.82) is 0 Å². The van der Waals surface area contributed by atoms with E-state index in [1.807, 2.05) is 21.1 Å². The van der Waals surface area contributed by atoms with Gasteiger partial charge < -0.3 is 18.9 Å². The van der Waals surface area contributed by atoms with Crippen LogP contribution in [0.1, 0.15) is 162 Å². The molecular formula is C39H77NO7P+. The first-order chi connectivity index (χ1) is 23.1. The highest BCUT2D eigenvalue weighted by molar-refractivity contribution is 7.47. The summed E-state index contributed by atoms with van der Waals surface area (Å²) in [5, 5.41) is 0. The van der Waals surface area contributed by atoms with Gasteiger partial charge in [0.25, 0.3) is 0 Å². The number of unbranched alkanes of at least 4 members (excludes halogenated alkanes) is 18. The van der Waals surface area contributed by atoms with Gasteiger partial charge in [0.15, 0.2) is 0 Å². The molecule has 0 rings (SSSR count). The Bertz CT molecular complexity index is 828. The highest BCUT2D eigenvalue weighted by atomic mass is 31.2. The zero-order valence-corrected chi connectivity index (χ0v) is 32.9. The van der Waals surface area contributed by atoms with Crippen molar-refractivity contribution < 1.29 is 37.3 Å². The predicted molar refractivity (Wildman–Crippen MR) is 201 cm³/mol. The molecule has 0 aliphatic heterocycles. The van der Waals surface area contributed by atoms with E-state index in [0.717, 1.165) is 44.9 Å². The van der Waals surface area contributed by atoms with Gasteiger partial charge in [0, 0.05) is 13.0 Å². The maximum absolute atomic E-state index is 12.6. The molecule has 0 aliphatic rings. The smallest absolute Gasteiger partial charge is 0.457 e. The number of ether oxygens (including phenoxy) is 2.